The van der Waals surface area contributed by atoms with Crippen molar-refractivity contribution in [3.05, 3.63) is 58.3 Å². The topological polar surface area (TPSA) is 59.2 Å². The Morgan fingerprint density at radius 2 is 2.00 bits per heavy atom. The van der Waals surface area contributed by atoms with Crippen molar-refractivity contribution in [3.63, 3.8) is 0 Å². The molecule has 20 heavy (non-hydrogen) atoms. The summed E-state index contributed by atoms with van der Waals surface area (Å²) in [6.07, 6.45) is 4.30. The number of nitrogen functional groups attached to an aromatic ring is 1. The third kappa shape index (κ3) is 3.57. The number of anilines is 1. The maximum absolute atomic E-state index is 12.3. The molecule has 104 valence electrons. The molecular formula is C15H16BrN3O. The molecule has 2 N–H and O–H groups in total. The van der Waals surface area contributed by atoms with Gasteiger partial charge in [0.15, 0.2) is 0 Å². The smallest absolute Gasteiger partial charge is 0.255 e. The van der Waals surface area contributed by atoms with Gasteiger partial charge in [-0.2, -0.15) is 0 Å². The number of rotatable bonds is 4. The lowest BCUT2D eigenvalue weighted by Gasteiger charge is -2.18. The van der Waals surface area contributed by atoms with Crippen molar-refractivity contribution in [1.82, 2.24) is 9.88 Å². The van der Waals surface area contributed by atoms with Gasteiger partial charge in [-0.3, -0.25) is 9.78 Å². The predicted molar refractivity (Wildman–Crippen MR) is 83.5 cm³/mol. The van der Waals surface area contributed by atoms with Crippen LogP contribution in [0, 0.1) is 0 Å². The highest BCUT2D eigenvalue weighted by atomic mass is 79.9. The van der Waals surface area contributed by atoms with Crippen molar-refractivity contribution in [3.8, 4) is 0 Å². The number of aromatic nitrogens is 1. The van der Waals surface area contributed by atoms with Gasteiger partial charge in [-0.1, -0.05) is 15.9 Å². The number of nitrogens with two attached hydrogens (primary N) is 1. The van der Waals surface area contributed by atoms with Gasteiger partial charge < -0.3 is 10.6 Å². The van der Waals surface area contributed by atoms with Crippen LogP contribution in [0.5, 0.6) is 0 Å². The highest BCUT2D eigenvalue weighted by Crippen LogP contribution is 2.19. The summed E-state index contributed by atoms with van der Waals surface area (Å²) < 4.78 is 0.867. The number of carbonyl (C=O) groups is 1. The number of amides is 1. The van der Waals surface area contributed by atoms with Gasteiger partial charge in [0.2, 0.25) is 0 Å². The molecule has 2 aromatic rings. The van der Waals surface area contributed by atoms with Crippen LogP contribution in [0.25, 0.3) is 0 Å². The minimum atomic E-state index is -0.0657. The molecule has 0 aliphatic rings. The zero-order valence-electron chi connectivity index (χ0n) is 11.2. The fraction of sp³-hybridized carbons (Fsp3) is 0.200. The highest BCUT2D eigenvalue weighted by Gasteiger charge is 2.14. The third-order valence-corrected chi connectivity index (χ3v) is 3.57. The second-order valence-corrected chi connectivity index (χ2v) is 5.48. The van der Waals surface area contributed by atoms with Crippen LogP contribution in [0.1, 0.15) is 15.9 Å². The molecule has 1 amide bonds. The molecule has 0 saturated carbocycles. The molecule has 0 radical (unpaired) electrons. The van der Waals surface area contributed by atoms with Gasteiger partial charge in [-0.05, 0) is 42.3 Å². The molecular weight excluding hydrogens is 318 g/mol. The molecule has 0 bridgehead atoms. The van der Waals surface area contributed by atoms with E-state index < -0.39 is 0 Å². The van der Waals surface area contributed by atoms with E-state index in [4.69, 9.17) is 5.73 Å². The van der Waals surface area contributed by atoms with Gasteiger partial charge in [0.25, 0.3) is 5.91 Å². The Hall–Kier alpha value is -1.88. The molecule has 0 atom stereocenters. The molecule has 1 aromatic carbocycles. The van der Waals surface area contributed by atoms with Crippen LogP contribution in [0.2, 0.25) is 0 Å². The number of pyridine rings is 1. The fourth-order valence-electron chi connectivity index (χ4n) is 1.88. The highest BCUT2D eigenvalue weighted by molar-refractivity contribution is 9.10. The lowest BCUT2D eigenvalue weighted by molar-refractivity contribution is 0.0797. The van der Waals surface area contributed by atoms with Crippen molar-refractivity contribution in [1.29, 1.82) is 0 Å². The summed E-state index contributed by atoms with van der Waals surface area (Å²) >= 11 is 3.33. The van der Waals surface area contributed by atoms with Gasteiger partial charge in [-0.15, -0.1) is 0 Å². The van der Waals surface area contributed by atoms with E-state index in [2.05, 4.69) is 20.9 Å². The largest absolute Gasteiger partial charge is 0.398 e. The first kappa shape index (κ1) is 14.5. The first-order chi connectivity index (χ1) is 9.58. The van der Waals surface area contributed by atoms with E-state index in [0.717, 1.165) is 16.5 Å². The normalized spacial score (nSPS) is 10.3. The van der Waals surface area contributed by atoms with E-state index >= 15 is 0 Å². The summed E-state index contributed by atoms with van der Waals surface area (Å²) in [5.41, 5.74) is 8.06. The Morgan fingerprint density at radius 3 is 2.65 bits per heavy atom. The molecule has 0 unspecified atom stereocenters. The molecule has 5 heteroatoms. The second kappa shape index (κ2) is 6.52. The van der Waals surface area contributed by atoms with Crippen LogP contribution in [-0.2, 0) is 6.42 Å². The molecule has 1 aromatic heterocycles. The molecule has 2 rings (SSSR count). The zero-order chi connectivity index (χ0) is 14.5. The Morgan fingerprint density at radius 1 is 1.30 bits per heavy atom. The van der Waals surface area contributed by atoms with E-state index in [0.29, 0.717) is 17.8 Å². The maximum atomic E-state index is 12.3. The number of likely N-dealkylation sites (N-methyl/N-ethyl adjacent to an activating group) is 1. The Labute approximate surface area is 126 Å². The molecule has 0 saturated heterocycles. The van der Waals surface area contributed by atoms with Crippen molar-refractivity contribution in [2.75, 3.05) is 19.3 Å². The van der Waals surface area contributed by atoms with Crippen LogP contribution < -0.4 is 5.73 Å². The standard InChI is InChI=1S/C15H16BrN3O/c1-19(9-6-11-4-7-18-8-5-11)15(20)13-3-2-12(16)10-14(13)17/h2-5,7-8,10H,6,9,17H2,1H3. The SMILES string of the molecule is CN(CCc1ccncc1)C(=O)c1ccc(Br)cc1N. The Balaban J connectivity index is 2.01. The summed E-state index contributed by atoms with van der Waals surface area (Å²) in [7, 11) is 1.78. The average molecular weight is 334 g/mol. The van der Waals surface area contributed by atoms with Crippen LogP contribution in [-0.4, -0.2) is 29.4 Å². The predicted octanol–water partition coefficient (Wildman–Crippen LogP) is 2.74. The van der Waals surface area contributed by atoms with E-state index in [1.54, 1.807) is 36.5 Å². The van der Waals surface area contributed by atoms with Gasteiger partial charge in [-0.25, -0.2) is 0 Å². The van der Waals surface area contributed by atoms with Gasteiger partial charge in [0.1, 0.15) is 0 Å². The van der Waals surface area contributed by atoms with Crippen LogP contribution in [0.4, 0.5) is 5.69 Å². The van der Waals surface area contributed by atoms with E-state index in [1.807, 2.05) is 18.2 Å². The number of benzene rings is 1. The van der Waals surface area contributed by atoms with Crippen molar-refractivity contribution < 1.29 is 4.79 Å². The zero-order valence-corrected chi connectivity index (χ0v) is 12.8. The molecule has 0 spiro atoms. The van der Waals surface area contributed by atoms with E-state index in [9.17, 15) is 4.79 Å². The Kier molecular flexibility index (Phi) is 4.74. The quantitative estimate of drug-likeness (QED) is 0.875. The summed E-state index contributed by atoms with van der Waals surface area (Å²) in [5.74, 6) is -0.0657. The number of hydrogen-bond donors (Lipinski definition) is 1. The number of halogens is 1. The molecule has 0 aliphatic heterocycles. The minimum absolute atomic E-state index is 0.0657. The lowest BCUT2D eigenvalue weighted by Crippen LogP contribution is -2.29. The first-order valence-corrected chi connectivity index (χ1v) is 7.06. The molecule has 4 nitrogen and oxygen atoms in total. The van der Waals surface area contributed by atoms with Crippen molar-refractivity contribution in [2.24, 2.45) is 0 Å². The number of hydrogen-bond acceptors (Lipinski definition) is 3. The molecule has 0 aliphatic carbocycles. The maximum Gasteiger partial charge on any atom is 0.255 e. The minimum Gasteiger partial charge on any atom is -0.398 e. The summed E-state index contributed by atoms with van der Waals surface area (Å²) in [4.78, 5) is 18.0. The van der Waals surface area contributed by atoms with Gasteiger partial charge >= 0.3 is 0 Å². The van der Waals surface area contributed by atoms with Crippen LogP contribution in [0.3, 0.4) is 0 Å². The van der Waals surface area contributed by atoms with Crippen LogP contribution >= 0.6 is 15.9 Å². The van der Waals surface area contributed by atoms with E-state index in [-0.39, 0.29) is 5.91 Å². The summed E-state index contributed by atoms with van der Waals surface area (Å²) in [6, 6.07) is 9.20. The van der Waals surface area contributed by atoms with Crippen molar-refractivity contribution >= 4 is 27.5 Å². The number of nitrogens with zero attached hydrogens (tertiary/aromatic N) is 2. The molecule has 1 heterocycles. The first-order valence-electron chi connectivity index (χ1n) is 6.27. The fourth-order valence-corrected chi connectivity index (χ4v) is 2.26. The van der Waals surface area contributed by atoms with Gasteiger partial charge in [0.05, 0.1) is 5.56 Å². The monoisotopic (exact) mass is 333 g/mol. The second-order valence-electron chi connectivity index (χ2n) is 4.56. The van der Waals surface area contributed by atoms with Crippen molar-refractivity contribution in [2.45, 2.75) is 6.42 Å². The Bertz CT molecular complexity index is 601. The summed E-state index contributed by atoms with van der Waals surface area (Å²) in [6.45, 7) is 0.637. The van der Waals surface area contributed by atoms with Gasteiger partial charge in [0, 0.05) is 36.1 Å². The lowest BCUT2D eigenvalue weighted by atomic mass is 10.1. The third-order valence-electron chi connectivity index (χ3n) is 3.08. The molecule has 0 fully saturated rings. The summed E-state index contributed by atoms with van der Waals surface area (Å²) in [5, 5.41) is 0. The van der Waals surface area contributed by atoms with E-state index in [1.165, 1.54) is 0 Å². The number of carbonyl (C=O) groups excluding carboxylic acids is 1. The average Bonchev–Trinajstić information content (AvgIpc) is 2.45. The van der Waals surface area contributed by atoms with Crippen LogP contribution in [0.15, 0.2) is 47.2 Å².